The molecule has 168 valence electrons. The Morgan fingerprint density at radius 3 is 2.09 bits per heavy atom. The normalized spacial score (nSPS) is 19.1. The fourth-order valence-corrected chi connectivity index (χ4v) is 4.05. The number of nitrogens with one attached hydrogen (secondary N) is 2. The Labute approximate surface area is 203 Å². The number of hydrogen-bond donors (Lipinski definition) is 2. The summed E-state index contributed by atoms with van der Waals surface area (Å²) < 4.78 is 1.74. The van der Waals surface area contributed by atoms with Crippen LogP contribution in [0.25, 0.3) is 0 Å². The molecule has 0 saturated carbocycles. The molecule has 3 aromatic rings. The Bertz CT molecular complexity index is 1190. The zero-order valence-electron chi connectivity index (χ0n) is 18.3. The predicted octanol–water partition coefficient (Wildman–Crippen LogP) is 5.13. The van der Waals surface area contributed by atoms with Crippen molar-refractivity contribution in [3.63, 3.8) is 0 Å². The van der Waals surface area contributed by atoms with Gasteiger partial charge in [-0.3, -0.25) is 9.59 Å². The maximum atomic E-state index is 13.0. The number of rotatable bonds is 5. The summed E-state index contributed by atoms with van der Waals surface area (Å²) in [5.74, 6) is -0.221. The number of carbonyl (C=O) groups excluding carboxylic acids is 2. The third kappa shape index (κ3) is 5.27. The molecule has 7 heteroatoms. The van der Waals surface area contributed by atoms with E-state index in [2.05, 4.69) is 36.7 Å². The molecule has 1 aliphatic rings. The number of benzene rings is 3. The van der Waals surface area contributed by atoms with Crippen molar-refractivity contribution < 1.29 is 14.3 Å². The van der Waals surface area contributed by atoms with E-state index in [-0.39, 0.29) is 11.8 Å². The molecule has 33 heavy (non-hydrogen) atoms. The molecule has 2 N–H and O–H groups in total. The first-order valence-electron chi connectivity index (χ1n) is 10.7. The molecule has 1 saturated heterocycles. The highest BCUT2D eigenvalue weighted by molar-refractivity contribution is 6.30. The van der Waals surface area contributed by atoms with Crippen molar-refractivity contribution in [2.24, 2.45) is 0 Å². The van der Waals surface area contributed by atoms with Crippen molar-refractivity contribution in [2.75, 3.05) is 0 Å². The maximum absolute atomic E-state index is 13.0. The highest BCUT2D eigenvalue weighted by Crippen LogP contribution is 2.27. The zero-order chi connectivity index (χ0) is 23.5. The number of nitrogens with zero attached hydrogens (tertiary/aromatic N) is 1. The smallest absolute Gasteiger partial charge is 0.304 e. The third-order valence-electron chi connectivity index (χ3n) is 5.63. The molecule has 4 rings (SSSR count). The third-order valence-corrected chi connectivity index (χ3v) is 6.14. The quantitative estimate of drug-likeness (QED) is 0.497. The summed E-state index contributed by atoms with van der Waals surface area (Å²) in [6.07, 6.45) is 1.87. The zero-order valence-corrected chi connectivity index (χ0v) is 19.8. The molecule has 2 amide bonds. The van der Waals surface area contributed by atoms with Crippen molar-refractivity contribution in [3.8, 4) is 0 Å². The van der Waals surface area contributed by atoms with E-state index in [0.29, 0.717) is 21.5 Å². The van der Waals surface area contributed by atoms with Crippen LogP contribution in [0.1, 0.15) is 52.9 Å². The van der Waals surface area contributed by atoms with Crippen LogP contribution in [-0.2, 0) is 4.79 Å². The lowest BCUT2D eigenvalue weighted by atomic mass is 9.99. The van der Waals surface area contributed by atoms with Crippen LogP contribution >= 0.6 is 23.2 Å². The highest BCUT2D eigenvalue weighted by atomic mass is 35.5. The van der Waals surface area contributed by atoms with E-state index < -0.39 is 12.1 Å². The van der Waals surface area contributed by atoms with Crippen molar-refractivity contribution in [3.05, 3.63) is 105 Å². The summed E-state index contributed by atoms with van der Waals surface area (Å²) in [5.41, 5.74) is 6.33. The lowest BCUT2D eigenvalue weighted by molar-refractivity contribution is -0.596. The van der Waals surface area contributed by atoms with Gasteiger partial charge in [0.1, 0.15) is 0 Å². The van der Waals surface area contributed by atoms with Crippen molar-refractivity contribution in [2.45, 2.75) is 31.8 Å². The number of amides is 2. The molecule has 1 fully saturated rings. The van der Waals surface area contributed by atoms with E-state index in [1.807, 2.05) is 30.5 Å². The van der Waals surface area contributed by atoms with Gasteiger partial charge in [-0.25, -0.2) is 0 Å². The number of hydrazine groups is 1. The Kier molecular flexibility index (Phi) is 6.82. The largest absolute Gasteiger partial charge is 0.334 e. The van der Waals surface area contributed by atoms with Gasteiger partial charge in [-0.15, -0.1) is 10.1 Å². The highest BCUT2D eigenvalue weighted by Gasteiger charge is 2.47. The molecular weight excluding hydrogens is 457 g/mol. The van der Waals surface area contributed by atoms with Crippen LogP contribution < -0.4 is 10.7 Å². The monoisotopic (exact) mass is 480 g/mol. The summed E-state index contributed by atoms with van der Waals surface area (Å²) >= 11 is 12.0. The molecule has 1 aliphatic heterocycles. The first-order chi connectivity index (χ1) is 15.8. The lowest BCUT2D eigenvalue weighted by Gasteiger charge is -2.15. The van der Waals surface area contributed by atoms with Crippen LogP contribution in [0.5, 0.6) is 0 Å². The minimum absolute atomic E-state index is 0.299. The second-order valence-corrected chi connectivity index (χ2v) is 9.16. The summed E-state index contributed by atoms with van der Waals surface area (Å²) in [5, 5.41) is 4.01. The molecule has 0 bridgehead atoms. The molecule has 0 aromatic heterocycles. The van der Waals surface area contributed by atoms with Gasteiger partial charge in [0.25, 0.3) is 5.91 Å². The number of carbonyl (C=O) groups is 2. The fraction of sp³-hybridized carbons (Fsp3) is 0.192. The molecular formula is C26H24Cl2N3O2+. The van der Waals surface area contributed by atoms with Crippen LogP contribution in [0.2, 0.25) is 10.0 Å². The Balaban J connectivity index is 1.68. The topological polar surface area (TPSA) is 61.2 Å². The molecule has 0 spiro atoms. The molecule has 5 nitrogen and oxygen atoms in total. The molecule has 2 atom stereocenters. The van der Waals surface area contributed by atoms with Gasteiger partial charge in [-0.05, 0) is 60.0 Å². The minimum Gasteiger partial charge on any atom is -0.334 e. The van der Waals surface area contributed by atoms with E-state index in [4.69, 9.17) is 23.2 Å². The van der Waals surface area contributed by atoms with Crippen LogP contribution in [0.4, 0.5) is 0 Å². The second-order valence-electron chi connectivity index (χ2n) is 8.29. The number of hydrogen-bond acceptors (Lipinski definition) is 2. The summed E-state index contributed by atoms with van der Waals surface area (Å²) in [6.45, 7) is 4.29. The fourth-order valence-electron chi connectivity index (χ4n) is 3.79. The van der Waals surface area contributed by atoms with Gasteiger partial charge >= 0.3 is 5.91 Å². The van der Waals surface area contributed by atoms with E-state index in [9.17, 15) is 9.59 Å². The average Bonchev–Trinajstić information content (AvgIpc) is 3.09. The summed E-state index contributed by atoms with van der Waals surface area (Å²) in [6, 6.07) is 20.7. The van der Waals surface area contributed by atoms with E-state index in [1.54, 1.807) is 41.1 Å². The summed E-state index contributed by atoms with van der Waals surface area (Å²) in [4.78, 5) is 25.8. The van der Waals surface area contributed by atoms with Gasteiger partial charge in [-0.1, -0.05) is 61.3 Å². The van der Waals surface area contributed by atoms with Crippen molar-refractivity contribution in [1.29, 1.82) is 0 Å². The standard InChI is InChI=1S/C26H23Cl2N3O2/c1-16(2)18-5-3-17(4-6-18)15-31-24(19-7-11-21(27)12-8-19)23(26(33)30-31)29-25(32)20-9-13-22(28)14-10-20/h3-16,23-24H,1-2H3,(H-,29,30,32,33)/p+1/b31-15-/t23-,24+/m0/s1. The first-order valence-corrected chi connectivity index (χ1v) is 11.4. The maximum Gasteiger partial charge on any atom is 0.304 e. The van der Waals surface area contributed by atoms with Crippen LogP contribution in [0.3, 0.4) is 0 Å². The van der Waals surface area contributed by atoms with Crippen molar-refractivity contribution >= 4 is 41.2 Å². The molecule has 1 heterocycles. The van der Waals surface area contributed by atoms with Crippen LogP contribution in [-0.4, -0.2) is 28.8 Å². The lowest BCUT2D eigenvalue weighted by Crippen LogP contribution is -2.42. The van der Waals surface area contributed by atoms with Gasteiger partial charge in [-0.2, -0.15) is 0 Å². The summed E-state index contributed by atoms with van der Waals surface area (Å²) in [7, 11) is 0. The van der Waals surface area contributed by atoms with Gasteiger partial charge < -0.3 is 5.32 Å². The predicted molar refractivity (Wildman–Crippen MR) is 131 cm³/mol. The van der Waals surface area contributed by atoms with Gasteiger partial charge in [0, 0.05) is 26.7 Å². The molecule has 0 unspecified atom stereocenters. The first kappa shape index (κ1) is 23.0. The molecule has 0 radical (unpaired) electrons. The average molecular weight is 481 g/mol. The van der Waals surface area contributed by atoms with E-state index in [1.165, 1.54) is 5.56 Å². The van der Waals surface area contributed by atoms with E-state index >= 15 is 0 Å². The van der Waals surface area contributed by atoms with Crippen LogP contribution in [0.15, 0.2) is 72.8 Å². The minimum atomic E-state index is -0.805. The van der Waals surface area contributed by atoms with E-state index in [0.717, 1.165) is 11.1 Å². The molecule has 3 aromatic carbocycles. The van der Waals surface area contributed by atoms with Gasteiger partial charge in [0.05, 0.1) is 0 Å². The Morgan fingerprint density at radius 1 is 0.939 bits per heavy atom. The SMILES string of the molecule is CC(C)c1ccc(/C=[N+]2\NC(=O)[C@@H](NC(=O)c3ccc(Cl)cc3)[C@H]2c2ccc(Cl)cc2)cc1. The van der Waals surface area contributed by atoms with Crippen molar-refractivity contribution in [1.82, 2.24) is 10.7 Å². The Hall–Kier alpha value is -3.15. The van der Waals surface area contributed by atoms with Gasteiger partial charge in [0.2, 0.25) is 12.3 Å². The molecule has 0 aliphatic carbocycles. The second kappa shape index (κ2) is 9.77. The number of hydrazone groups is 1. The van der Waals surface area contributed by atoms with Gasteiger partial charge in [0.15, 0.2) is 6.04 Å². The van der Waals surface area contributed by atoms with Crippen LogP contribution in [0, 0.1) is 0 Å². The Morgan fingerprint density at radius 2 is 1.52 bits per heavy atom. The number of halogens is 2.